The van der Waals surface area contributed by atoms with Crippen molar-refractivity contribution in [2.24, 2.45) is 0 Å². The highest BCUT2D eigenvalue weighted by Crippen LogP contribution is 2.27. The average Bonchev–Trinajstić information content (AvgIpc) is 2.70. The number of hydrogen-bond acceptors (Lipinski definition) is 2. The van der Waals surface area contributed by atoms with Gasteiger partial charge in [-0.2, -0.15) is 0 Å². The summed E-state index contributed by atoms with van der Waals surface area (Å²) in [4.78, 5) is 0. The van der Waals surface area contributed by atoms with Gasteiger partial charge in [-0.1, -0.05) is 0 Å². The second-order valence-electron chi connectivity index (χ2n) is 3.61. The lowest BCUT2D eigenvalue weighted by Crippen LogP contribution is -2.03. The third-order valence-corrected chi connectivity index (χ3v) is 3.07. The molecule has 1 unspecified atom stereocenters. The first-order valence-electron chi connectivity index (χ1n) is 4.93. The summed E-state index contributed by atoms with van der Waals surface area (Å²) in [6.07, 6.45) is 0.450. The molecule has 0 aliphatic carbocycles. The van der Waals surface area contributed by atoms with Crippen LogP contribution in [0.15, 0.2) is 39.6 Å². The monoisotopic (exact) mass is 302 g/mol. The molecule has 5 heteroatoms. The van der Waals surface area contributed by atoms with E-state index >= 15 is 0 Å². The van der Waals surface area contributed by atoms with E-state index in [0.717, 1.165) is 18.2 Å². The molecule has 2 rings (SSSR count). The summed E-state index contributed by atoms with van der Waals surface area (Å²) in [7, 11) is 0. The van der Waals surface area contributed by atoms with E-state index in [1.54, 1.807) is 6.07 Å². The van der Waals surface area contributed by atoms with E-state index in [1.807, 2.05) is 0 Å². The summed E-state index contributed by atoms with van der Waals surface area (Å²) in [6, 6.07) is 4.74. The van der Waals surface area contributed by atoms with Crippen LogP contribution in [-0.2, 0) is 6.42 Å². The van der Waals surface area contributed by atoms with Crippen LogP contribution in [0.25, 0.3) is 0 Å². The lowest BCUT2D eigenvalue weighted by atomic mass is 10.0. The summed E-state index contributed by atoms with van der Waals surface area (Å²) >= 11 is 3.12. The van der Waals surface area contributed by atoms with Crippen molar-refractivity contribution in [2.45, 2.75) is 12.5 Å². The summed E-state index contributed by atoms with van der Waals surface area (Å²) in [5.74, 6) is -1.06. The summed E-state index contributed by atoms with van der Waals surface area (Å²) in [5.41, 5.74) is 0.638. The molecule has 17 heavy (non-hydrogen) atoms. The molecule has 1 aromatic heterocycles. The van der Waals surface area contributed by atoms with Crippen molar-refractivity contribution >= 4 is 15.9 Å². The smallest absolute Gasteiger partial charge is 0.174 e. The van der Waals surface area contributed by atoms with Crippen LogP contribution in [0.3, 0.4) is 0 Å². The predicted molar refractivity (Wildman–Crippen MR) is 61.4 cm³/mol. The topological polar surface area (TPSA) is 33.4 Å². The van der Waals surface area contributed by atoms with Gasteiger partial charge in [0, 0.05) is 12.0 Å². The molecule has 0 spiro atoms. The number of aliphatic hydroxyl groups excluding tert-OH is 1. The molecular formula is C12H9BrF2O2. The Kier molecular flexibility index (Phi) is 3.59. The fourth-order valence-electron chi connectivity index (χ4n) is 1.56. The maximum Gasteiger partial charge on any atom is 0.174 e. The molecule has 0 aliphatic rings. The van der Waals surface area contributed by atoms with Crippen LogP contribution in [0.2, 0.25) is 0 Å². The van der Waals surface area contributed by atoms with Crippen molar-refractivity contribution in [3.05, 3.63) is 58.0 Å². The van der Waals surface area contributed by atoms with Crippen molar-refractivity contribution in [1.29, 1.82) is 0 Å². The van der Waals surface area contributed by atoms with Gasteiger partial charge < -0.3 is 9.52 Å². The molecule has 1 N–H and O–H groups in total. The van der Waals surface area contributed by atoms with Gasteiger partial charge in [0.05, 0.1) is 12.4 Å². The molecule has 0 saturated heterocycles. The van der Waals surface area contributed by atoms with Crippen molar-refractivity contribution in [3.8, 4) is 0 Å². The van der Waals surface area contributed by atoms with Crippen LogP contribution < -0.4 is 0 Å². The first kappa shape index (κ1) is 12.3. The minimum atomic E-state index is -0.945. The van der Waals surface area contributed by atoms with Crippen molar-refractivity contribution in [1.82, 2.24) is 0 Å². The van der Waals surface area contributed by atoms with Crippen LogP contribution in [-0.4, -0.2) is 5.11 Å². The Morgan fingerprint density at radius 3 is 2.71 bits per heavy atom. The van der Waals surface area contributed by atoms with Crippen molar-refractivity contribution in [2.75, 3.05) is 0 Å². The fourth-order valence-corrected chi connectivity index (χ4v) is 2.07. The zero-order chi connectivity index (χ0) is 12.4. The molecule has 1 heterocycles. The van der Waals surface area contributed by atoms with Gasteiger partial charge in [0.15, 0.2) is 4.67 Å². The second kappa shape index (κ2) is 4.98. The fraction of sp³-hybridized carbons (Fsp3) is 0.167. The number of benzene rings is 1. The highest BCUT2D eigenvalue weighted by Gasteiger charge is 2.16. The molecule has 0 radical (unpaired) electrons. The van der Waals surface area contributed by atoms with Crippen LogP contribution in [0.4, 0.5) is 8.78 Å². The molecule has 2 aromatic rings. The molecule has 0 aliphatic heterocycles. The Bertz CT molecular complexity index is 525. The molecular weight excluding hydrogens is 294 g/mol. The first-order valence-corrected chi connectivity index (χ1v) is 5.72. The average molecular weight is 303 g/mol. The molecule has 0 fully saturated rings. The third kappa shape index (κ3) is 2.73. The molecule has 0 bridgehead atoms. The van der Waals surface area contributed by atoms with Gasteiger partial charge in [-0.05, 0) is 45.8 Å². The number of hydrogen-bond donors (Lipinski definition) is 1. The van der Waals surface area contributed by atoms with Gasteiger partial charge >= 0.3 is 0 Å². The van der Waals surface area contributed by atoms with Crippen LogP contribution in [0.1, 0.15) is 17.2 Å². The minimum Gasteiger partial charge on any atom is -0.457 e. The van der Waals surface area contributed by atoms with Crippen molar-refractivity contribution in [3.63, 3.8) is 0 Å². The Hall–Kier alpha value is -1.20. The summed E-state index contributed by atoms with van der Waals surface area (Å²) < 4.78 is 31.7. The standard InChI is InChI=1S/C12H9BrF2O2/c13-12-9(3-4-17-12)11(16)6-7-5-8(14)1-2-10(7)15/h1-5,11,16H,6H2. The molecule has 0 saturated carbocycles. The minimum absolute atomic E-state index is 0.0122. The summed E-state index contributed by atoms with van der Waals surface area (Å²) in [5, 5.41) is 9.88. The Labute approximate surface area is 105 Å². The van der Waals surface area contributed by atoms with Gasteiger partial charge in [0.1, 0.15) is 11.6 Å². The zero-order valence-corrected chi connectivity index (χ0v) is 10.2. The number of aliphatic hydroxyl groups is 1. The molecule has 1 aromatic carbocycles. The van der Waals surface area contributed by atoms with Gasteiger partial charge in [-0.25, -0.2) is 8.78 Å². The SMILES string of the molecule is OC(Cc1cc(F)ccc1F)c1ccoc1Br. The van der Waals surface area contributed by atoms with Crippen LogP contribution in [0.5, 0.6) is 0 Å². The van der Waals surface area contributed by atoms with Crippen molar-refractivity contribution < 1.29 is 18.3 Å². The zero-order valence-electron chi connectivity index (χ0n) is 8.66. The first-order chi connectivity index (χ1) is 8.08. The predicted octanol–water partition coefficient (Wildman–Crippen LogP) is 3.60. The highest BCUT2D eigenvalue weighted by molar-refractivity contribution is 9.10. The quantitative estimate of drug-likeness (QED) is 0.940. The van der Waals surface area contributed by atoms with Crippen LogP contribution >= 0.6 is 15.9 Å². The highest BCUT2D eigenvalue weighted by atomic mass is 79.9. The maximum absolute atomic E-state index is 13.4. The Balaban J connectivity index is 2.21. The van der Waals surface area contributed by atoms with E-state index in [2.05, 4.69) is 15.9 Å². The van der Waals surface area contributed by atoms with E-state index < -0.39 is 17.7 Å². The normalized spacial score (nSPS) is 12.7. The van der Waals surface area contributed by atoms with E-state index in [1.165, 1.54) is 6.26 Å². The number of furan rings is 1. The lowest BCUT2D eigenvalue weighted by Gasteiger charge is -2.10. The Morgan fingerprint density at radius 1 is 1.29 bits per heavy atom. The maximum atomic E-state index is 13.4. The molecule has 2 nitrogen and oxygen atoms in total. The van der Waals surface area contributed by atoms with Gasteiger partial charge in [-0.3, -0.25) is 0 Å². The number of rotatable bonds is 3. The largest absolute Gasteiger partial charge is 0.457 e. The van der Waals surface area contributed by atoms with Gasteiger partial charge in [-0.15, -0.1) is 0 Å². The van der Waals surface area contributed by atoms with Gasteiger partial charge in [0.2, 0.25) is 0 Å². The van der Waals surface area contributed by atoms with E-state index in [0.29, 0.717) is 10.2 Å². The molecule has 90 valence electrons. The molecule has 1 atom stereocenters. The summed E-state index contributed by atoms with van der Waals surface area (Å²) in [6.45, 7) is 0. The second-order valence-corrected chi connectivity index (χ2v) is 4.33. The number of halogens is 3. The third-order valence-electron chi connectivity index (χ3n) is 2.43. The Morgan fingerprint density at radius 2 is 2.06 bits per heavy atom. The van der Waals surface area contributed by atoms with Crippen LogP contribution in [0, 0.1) is 11.6 Å². The lowest BCUT2D eigenvalue weighted by molar-refractivity contribution is 0.175. The van der Waals surface area contributed by atoms with Gasteiger partial charge in [0.25, 0.3) is 0 Å². The van der Waals surface area contributed by atoms with E-state index in [-0.39, 0.29) is 12.0 Å². The molecule has 0 amide bonds. The van der Waals surface area contributed by atoms with E-state index in [4.69, 9.17) is 4.42 Å². The van der Waals surface area contributed by atoms with E-state index in [9.17, 15) is 13.9 Å².